The van der Waals surface area contributed by atoms with Gasteiger partial charge in [-0.3, -0.25) is 18.6 Å². The second-order valence-corrected chi connectivity index (χ2v) is 16.8. The van der Waals surface area contributed by atoms with Crippen molar-refractivity contribution in [3.05, 3.63) is 60.8 Å². The summed E-state index contributed by atoms with van der Waals surface area (Å²) >= 11 is 0. The Kier molecular flexibility index (Phi) is 30.2. The quantitative estimate of drug-likeness (QED) is 0.0165. The van der Waals surface area contributed by atoms with E-state index in [0.717, 1.165) is 64.2 Å². The van der Waals surface area contributed by atoms with Crippen LogP contribution < -0.4 is 0 Å². The van der Waals surface area contributed by atoms with Crippen molar-refractivity contribution in [3.8, 4) is 0 Å². The van der Waals surface area contributed by atoms with Crippen molar-refractivity contribution in [3.63, 3.8) is 0 Å². The lowest BCUT2D eigenvalue weighted by atomic mass is 10.1. The molecule has 0 saturated carbocycles. The highest BCUT2D eigenvalue weighted by Gasteiger charge is 2.36. The minimum atomic E-state index is -4.40. The van der Waals surface area contributed by atoms with Crippen molar-refractivity contribution in [2.75, 3.05) is 47.5 Å². The Morgan fingerprint density at radius 2 is 1.22 bits per heavy atom. The maximum Gasteiger partial charge on any atom is 0.472 e. The van der Waals surface area contributed by atoms with Crippen molar-refractivity contribution in [2.24, 2.45) is 0 Å². The van der Waals surface area contributed by atoms with E-state index >= 15 is 0 Å². The van der Waals surface area contributed by atoms with Crippen LogP contribution in [0.1, 0.15) is 142 Å². The van der Waals surface area contributed by atoms with E-state index < -0.39 is 32.5 Å². The molecule has 10 nitrogen and oxygen atoms in total. The van der Waals surface area contributed by atoms with Crippen LogP contribution in [0.15, 0.2) is 60.8 Å². The molecule has 4 atom stereocenters. The van der Waals surface area contributed by atoms with Gasteiger partial charge >= 0.3 is 19.8 Å². The Morgan fingerprint density at radius 1 is 0.673 bits per heavy atom. The third-order valence-electron chi connectivity index (χ3n) is 8.93. The first kappa shape index (κ1) is 50.7. The summed E-state index contributed by atoms with van der Waals surface area (Å²) in [5.74, 6) is -0.888. The number of esters is 2. The highest BCUT2D eigenvalue weighted by Crippen LogP contribution is 2.43. The van der Waals surface area contributed by atoms with Crippen LogP contribution in [0.2, 0.25) is 0 Å². The first-order valence-corrected chi connectivity index (χ1v) is 22.6. The molecule has 1 rings (SSSR count). The molecular weight excluding hydrogens is 717 g/mol. The molecule has 4 unspecified atom stereocenters. The number of unbranched alkanes of at least 4 members (excludes halogenated alkanes) is 10. The van der Waals surface area contributed by atoms with Gasteiger partial charge in [0.25, 0.3) is 0 Å². The van der Waals surface area contributed by atoms with Crippen LogP contribution in [-0.4, -0.2) is 87.1 Å². The van der Waals surface area contributed by atoms with Crippen molar-refractivity contribution in [2.45, 2.75) is 161 Å². The molecule has 0 aromatic rings. The molecule has 316 valence electrons. The van der Waals surface area contributed by atoms with Crippen LogP contribution in [-0.2, 0) is 37.4 Å². The monoisotopic (exact) mass is 795 g/mol. The highest BCUT2D eigenvalue weighted by molar-refractivity contribution is 7.47. The number of likely N-dealkylation sites (N-methyl/N-ethyl adjacent to an activating group) is 1. The van der Waals surface area contributed by atoms with Crippen LogP contribution in [0.5, 0.6) is 0 Å². The van der Waals surface area contributed by atoms with Gasteiger partial charge < -0.3 is 23.6 Å². The van der Waals surface area contributed by atoms with Crippen molar-refractivity contribution >= 4 is 19.8 Å². The fraction of sp³-hybridized carbons (Fsp3) is 0.727. The van der Waals surface area contributed by atoms with E-state index in [1.165, 1.54) is 32.1 Å². The number of phosphoric acid groups is 1. The standard InChI is InChI=1S/C44H76NO9P/c1-6-8-10-11-12-13-14-15-16-20-23-26-30-34-43(46)50-38-40(39-52-55(48,49)51-37-36-45(3,4)5)53-44(47)35-31-27-24-21-18-17-19-22-25-29-33-42-41(54-42)32-28-9-7-2/h9,13-14,17,19,21,24-25,28-29,40-42H,6-8,10-12,15-16,18,20,22-23,26-27,30-39H2,1-5H3/p+1/b14-13-,19-17-,24-21-,28-9-,29-25-. The summed E-state index contributed by atoms with van der Waals surface area (Å²) in [7, 11) is 1.42. The van der Waals surface area contributed by atoms with E-state index in [1.54, 1.807) is 0 Å². The number of hydrogen-bond acceptors (Lipinski definition) is 8. The van der Waals surface area contributed by atoms with Gasteiger partial charge in [-0.05, 0) is 77.0 Å². The number of epoxide rings is 1. The number of carbonyl (C=O) groups is 2. The Morgan fingerprint density at radius 3 is 1.87 bits per heavy atom. The first-order valence-electron chi connectivity index (χ1n) is 21.1. The number of rotatable bonds is 36. The normalized spacial score (nSPS) is 17.9. The summed E-state index contributed by atoms with van der Waals surface area (Å²) in [5.41, 5.74) is 0. The van der Waals surface area contributed by atoms with Crippen molar-refractivity contribution < 1.29 is 46.8 Å². The SMILES string of the molecule is CC/C=C\CC1OC1C/C=C\C/C=C\C/C=C\CCCC(=O)OC(COC(=O)CCCCCCC/C=C\CCCCCC)COP(=O)(O)OCC[N+](C)(C)C. The topological polar surface area (TPSA) is 121 Å². The Bertz CT molecular complexity index is 1190. The third-order valence-corrected chi connectivity index (χ3v) is 9.92. The van der Waals surface area contributed by atoms with Crippen LogP contribution in [0.4, 0.5) is 0 Å². The lowest BCUT2D eigenvalue weighted by Crippen LogP contribution is -2.37. The molecule has 0 aromatic carbocycles. The van der Waals surface area contributed by atoms with Gasteiger partial charge in [0.2, 0.25) is 0 Å². The average molecular weight is 795 g/mol. The van der Waals surface area contributed by atoms with Crippen LogP contribution in [0, 0.1) is 0 Å². The summed E-state index contributed by atoms with van der Waals surface area (Å²) < 4.78 is 39.9. The van der Waals surface area contributed by atoms with E-state index in [0.29, 0.717) is 42.5 Å². The van der Waals surface area contributed by atoms with E-state index in [4.69, 9.17) is 23.3 Å². The van der Waals surface area contributed by atoms with Crippen LogP contribution in [0.3, 0.4) is 0 Å². The molecule has 0 bridgehead atoms. The molecule has 11 heteroatoms. The lowest BCUT2D eigenvalue weighted by molar-refractivity contribution is -0.870. The zero-order valence-electron chi connectivity index (χ0n) is 35.1. The molecular formula is C44H77NO9P+. The van der Waals surface area contributed by atoms with Gasteiger partial charge in [-0.1, -0.05) is 113 Å². The number of nitrogens with zero attached hydrogens (tertiary/aromatic N) is 1. The number of ether oxygens (including phenoxy) is 3. The van der Waals surface area contributed by atoms with Gasteiger partial charge in [-0.15, -0.1) is 0 Å². The number of quaternary nitrogens is 1. The van der Waals surface area contributed by atoms with Gasteiger partial charge in [-0.2, -0.15) is 0 Å². The maximum atomic E-state index is 12.7. The van der Waals surface area contributed by atoms with E-state index in [-0.39, 0.29) is 26.1 Å². The summed E-state index contributed by atoms with van der Waals surface area (Å²) in [4.78, 5) is 35.3. The summed E-state index contributed by atoms with van der Waals surface area (Å²) in [6.45, 7) is 4.18. The minimum Gasteiger partial charge on any atom is -0.462 e. The maximum absolute atomic E-state index is 12.7. The van der Waals surface area contributed by atoms with Crippen molar-refractivity contribution in [1.82, 2.24) is 0 Å². The fourth-order valence-corrected chi connectivity index (χ4v) is 6.24. The Balaban J connectivity index is 2.35. The lowest BCUT2D eigenvalue weighted by Gasteiger charge is -2.24. The second kappa shape index (κ2) is 32.7. The van der Waals surface area contributed by atoms with E-state index in [2.05, 4.69) is 68.5 Å². The highest BCUT2D eigenvalue weighted by atomic mass is 31.2. The fourth-order valence-electron chi connectivity index (χ4n) is 5.50. The zero-order chi connectivity index (χ0) is 40.5. The molecule has 1 aliphatic heterocycles. The van der Waals surface area contributed by atoms with Gasteiger partial charge in [0, 0.05) is 12.8 Å². The Labute approximate surface area is 334 Å². The summed E-state index contributed by atoms with van der Waals surface area (Å²) in [5, 5.41) is 0. The molecule has 1 N–H and O–H groups in total. The smallest absolute Gasteiger partial charge is 0.462 e. The van der Waals surface area contributed by atoms with Crippen LogP contribution >= 0.6 is 7.82 Å². The molecule has 0 amide bonds. The third kappa shape index (κ3) is 33.5. The van der Waals surface area contributed by atoms with Gasteiger partial charge in [-0.25, -0.2) is 4.57 Å². The predicted molar refractivity (Wildman–Crippen MR) is 224 cm³/mol. The zero-order valence-corrected chi connectivity index (χ0v) is 36.0. The van der Waals surface area contributed by atoms with Gasteiger partial charge in [0.15, 0.2) is 6.10 Å². The average Bonchev–Trinajstić information content (AvgIpc) is 3.89. The molecule has 0 aliphatic carbocycles. The molecule has 0 spiro atoms. The minimum absolute atomic E-state index is 0.0150. The molecule has 1 fully saturated rings. The second-order valence-electron chi connectivity index (χ2n) is 15.4. The number of carbonyl (C=O) groups excluding carboxylic acids is 2. The summed E-state index contributed by atoms with van der Waals surface area (Å²) in [6, 6.07) is 0. The number of hydrogen-bond donors (Lipinski definition) is 1. The molecule has 0 aromatic heterocycles. The largest absolute Gasteiger partial charge is 0.472 e. The Hall–Kier alpha value is -2.33. The molecule has 55 heavy (non-hydrogen) atoms. The number of allylic oxidation sites excluding steroid dienone is 8. The summed E-state index contributed by atoms with van der Waals surface area (Å²) in [6.07, 6.45) is 40.3. The van der Waals surface area contributed by atoms with Gasteiger partial charge in [0.1, 0.15) is 19.8 Å². The van der Waals surface area contributed by atoms with Crippen LogP contribution in [0.25, 0.3) is 0 Å². The molecule has 1 saturated heterocycles. The predicted octanol–water partition coefficient (Wildman–Crippen LogP) is 10.7. The molecule has 0 radical (unpaired) electrons. The molecule has 1 aliphatic rings. The van der Waals surface area contributed by atoms with Crippen molar-refractivity contribution in [1.29, 1.82) is 0 Å². The number of phosphoric ester groups is 1. The van der Waals surface area contributed by atoms with E-state index in [1.807, 2.05) is 27.2 Å². The molecule has 1 heterocycles. The van der Waals surface area contributed by atoms with E-state index in [9.17, 15) is 19.0 Å². The first-order chi connectivity index (χ1) is 26.5. The van der Waals surface area contributed by atoms with Gasteiger partial charge in [0.05, 0.1) is 40.0 Å².